The van der Waals surface area contributed by atoms with Gasteiger partial charge in [-0.2, -0.15) is 0 Å². The van der Waals surface area contributed by atoms with Crippen molar-refractivity contribution in [2.75, 3.05) is 6.54 Å². The van der Waals surface area contributed by atoms with Gasteiger partial charge in [-0.05, 0) is 42.5 Å². The monoisotopic (exact) mass is 318 g/mol. The SMILES string of the molecule is CCc1ccc(S(=O)(=O)NCC(F)F)cc1CNC1CC1. The third kappa shape index (κ3) is 4.72. The van der Waals surface area contributed by atoms with Crippen molar-refractivity contribution in [3.8, 4) is 0 Å². The Balaban J connectivity index is 2.16. The number of halogens is 2. The molecule has 0 heterocycles. The number of nitrogens with one attached hydrogen (secondary N) is 2. The number of benzene rings is 1. The summed E-state index contributed by atoms with van der Waals surface area (Å²) in [4.78, 5) is 0.0351. The van der Waals surface area contributed by atoms with Crippen LogP contribution in [0.5, 0.6) is 0 Å². The minimum atomic E-state index is -3.88. The summed E-state index contributed by atoms with van der Waals surface area (Å²) in [6.45, 7) is 1.73. The predicted octanol–water partition coefficient (Wildman–Crippen LogP) is 2.04. The molecule has 2 N–H and O–H groups in total. The third-order valence-corrected chi connectivity index (χ3v) is 4.88. The van der Waals surface area contributed by atoms with Gasteiger partial charge >= 0.3 is 0 Å². The molecule has 7 heteroatoms. The summed E-state index contributed by atoms with van der Waals surface area (Å²) >= 11 is 0. The summed E-state index contributed by atoms with van der Waals surface area (Å²) in [6.07, 6.45) is 0.391. The van der Waals surface area contributed by atoms with Gasteiger partial charge < -0.3 is 5.32 Å². The van der Waals surface area contributed by atoms with Gasteiger partial charge in [-0.1, -0.05) is 13.0 Å². The maximum Gasteiger partial charge on any atom is 0.251 e. The Morgan fingerprint density at radius 2 is 2.00 bits per heavy atom. The second kappa shape index (κ2) is 6.81. The molecule has 1 aromatic rings. The van der Waals surface area contributed by atoms with Crippen LogP contribution in [0.25, 0.3) is 0 Å². The lowest BCUT2D eigenvalue weighted by Gasteiger charge is -2.12. The molecule has 4 nitrogen and oxygen atoms in total. The Morgan fingerprint density at radius 1 is 1.29 bits per heavy atom. The number of rotatable bonds is 8. The fourth-order valence-corrected chi connectivity index (χ4v) is 3.13. The van der Waals surface area contributed by atoms with Crippen LogP contribution in [0.15, 0.2) is 23.1 Å². The summed E-state index contributed by atoms with van der Waals surface area (Å²) in [6, 6.07) is 5.31. The van der Waals surface area contributed by atoms with Gasteiger partial charge in [-0.15, -0.1) is 0 Å². The van der Waals surface area contributed by atoms with E-state index in [-0.39, 0.29) is 4.90 Å². The van der Waals surface area contributed by atoms with Gasteiger partial charge in [0.2, 0.25) is 10.0 Å². The van der Waals surface area contributed by atoms with Gasteiger partial charge in [0, 0.05) is 12.6 Å². The maximum atomic E-state index is 12.2. The molecule has 118 valence electrons. The molecule has 2 rings (SSSR count). The molecule has 0 radical (unpaired) electrons. The van der Waals surface area contributed by atoms with Gasteiger partial charge in [0.1, 0.15) is 0 Å². The fraction of sp³-hybridized carbons (Fsp3) is 0.571. The van der Waals surface area contributed by atoms with Crippen LogP contribution in [-0.4, -0.2) is 27.4 Å². The van der Waals surface area contributed by atoms with E-state index >= 15 is 0 Å². The minimum absolute atomic E-state index is 0.0351. The minimum Gasteiger partial charge on any atom is -0.310 e. The summed E-state index contributed by atoms with van der Waals surface area (Å²) < 4.78 is 50.2. The average molecular weight is 318 g/mol. The van der Waals surface area contributed by atoms with Gasteiger partial charge in [0.05, 0.1) is 11.4 Å². The lowest BCUT2D eigenvalue weighted by molar-refractivity contribution is 0.153. The van der Waals surface area contributed by atoms with E-state index in [9.17, 15) is 17.2 Å². The Bertz CT molecular complexity index is 587. The van der Waals surface area contributed by atoms with Crippen molar-refractivity contribution in [1.29, 1.82) is 0 Å². The Hall–Kier alpha value is -1.05. The summed E-state index contributed by atoms with van der Waals surface area (Å²) in [7, 11) is -3.88. The fourth-order valence-electron chi connectivity index (χ4n) is 2.08. The molecule has 1 fully saturated rings. The van der Waals surface area contributed by atoms with Crippen molar-refractivity contribution in [2.45, 2.75) is 50.1 Å². The molecule has 0 aliphatic heterocycles. The normalized spacial score (nSPS) is 15.6. The number of alkyl halides is 2. The Labute approximate surface area is 124 Å². The zero-order valence-electron chi connectivity index (χ0n) is 11.9. The molecule has 1 saturated carbocycles. The molecule has 0 unspecified atom stereocenters. The van der Waals surface area contributed by atoms with Crippen LogP contribution in [0.4, 0.5) is 8.78 Å². The summed E-state index contributed by atoms with van der Waals surface area (Å²) in [5, 5.41) is 3.34. The number of hydrogen-bond acceptors (Lipinski definition) is 3. The number of hydrogen-bond donors (Lipinski definition) is 2. The zero-order valence-corrected chi connectivity index (χ0v) is 12.7. The molecule has 1 aromatic carbocycles. The molecule has 0 aromatic heterocycles. The van der Waals surface area contributed by atoms with Gasteiger partial charge in [-0.25, -0.2) is 21.9 Å². The third-order valence-electron chi connectivity index (χ3n) is 3.46. The van der Waals surface area contributed by atoms with Crippen LogP contribution in [0.2, 0.25) is 0 Å². The topological polar surface area (TPSA) is 58.2 Å². The van der Waals surface area contributed by atoms with E-state index < -0.39 is 23.0 Å². The van der Waals surface area contributed by atoms with Crippen molar-refractivity contribution < 1.29 is 17.2 Å². The Morgan fingerprint density at radius 3 is 2.57 bits per heavy atom. The lowest BCUT2D eigenvalue weighted by atomic mass is 10.1. The quantitative estimate of drug-likeness (QED) is 0.771. The zero-order chi connectivity index (χ0) is 15.5. The van der Waals surface area contributed by atoms with Crippen LogP contribution >= 0.6 is 0 Å². The summed E-state index contributed by atoms with van der Waals surface area (Å²) in [5.74, 6) is 0. The van der Waals surface area contributed by atoms with Crippen LogP contribution in [0.1, 0.15) is 30.9 Å². The first-order valence-electron chi connectivity index (χ1n) is 7.05. The first-order chi connectivity index (χ1) is 9.92. The maximum absolute atomic E-state index is 12.2. The lowest BCUT2D eigenvalue weighted by Crippen LogP contribution is -2.29. The van der Waals surface area contributed by atoms with Crippen LogP contribution in [0, 0.1) is 0 Å². The highest BCUT2D eigenvalue weighted by atomic mass is 32.2. The van der Waals surface area contributed by atoms with Gasteiger partial charge in [-0.3, -0.25) is 0 Å². The second-order valence-corrected chi connectivity index (χ2v) is 6.95. The molecule has 0 amide bonds. The number of sulfonamides is 1. The van der Waals surface area contributed by atoms with E-state index in [2.05, 4.69) is 5.32 Å². The van der Waals surface area contributed by atoms with Crippen molar-refractivity contribution in [1.82, 2.24) is 10.0 Å². The van der Waals surface area contributed by atoms with E-state index in [1.807, 2.05) is 11.6 Å². The van der Waals surface area contributed by atoms with Crippen LogP contribution in [0.3, 0.4) is 0 Å². The molecule has 1 aliphatic carbocycles. The van der Waals surface area contributed by atoms with Gasteiger partial charge in [0.25, 0.3) is 6.43 Å². The largest absolute Gasteiger partial charge is 0.310 e. The highest BCUT2D eigenvalue weighted by Gasteiger charge is 2.21. The van der Waals surface area contributed by atoms with Crippen LogP contribution < -0.4 is 10.0 Å². The standard InChI is InChI=1S/C14H20F2N2O2S/c1-2-10-3-6-13(21(19,20)18-9-14(15)16)7-11(10)8-17-12-4-5-12/h3,6-7,12,14,17-18H,2,4-5,8-9H2,1H3. The van der Waals surface area contributed by atoms with E-state index in [1.165, 1.54) is 6.07 Å². The van der Waals surface area contributed by atoms with Crippen molar-refractivity contribution in [3.05, 3.63) is 29.3 Å². The average Bonchev–Trinajstić information content (AvgIpc) is 3.27. The second-order valence-electron chi connectivity index (χ2n) is 5.18. The molecular weight excluding hydrogens is 298 g/mol. The van der Waals surface area contributed by atoms with E-state index in [0.29, 0.717) is 12.6 Å². The predicted molar refractivity (Wildman–Crippen MR) is 76.9 cm³/mol. The highest BCUT2D eigenvalue weighted by molar-refractivity contribution is 7.89. The smallest absolute Gasteiger partial charge is 0.251 e. The Kier molecular flexibility index (Phi) is 5.29. The van der Waals surface area contributed by atoms with E-state index in [1.54, 1.807) is 12.1 Å². The van der Waals surface area contributed by atoms with E-state index in [4.69, 9.17) is 0 Å². The molecule has 0 atom stereocenters. The molecule has 0 saturated heterocycles. The van der Waals surface area contributed by atoms with E-state index in [0.717, 1.165) is 30.4 Å². The molecule has 0 bridgehead atoms. The summed E-state index contributed by atoms with van der Waals surface area (Å²) in [5.41, 5.74) is 1.97. The molecule has 0 spiro atoms. The van der Waals surface area contributed by atoms with Gasteiger partial charge in [0.15, 0.2) is 0 Å². The highest BCUT2D eigenvalue weighted by Crippen LogP contribution is 2.21. The number of aryl methyl sites for hydroxylation is 1. The van der Waals surface area contributed by atoms with Crippen molar-refractivity contribution >= 4 is 10.0 Å². The molecular formula is C14H20F2N2O2S. The van der Waals surface area contributed by atoms with Crippen molar-refractivity contribution in [3.63, 3.8) is 0 Å². The molecule has 1 aliphatic rings. The van der Waals surface area contributed by atoms with Crippen LogP contribution in [-0.2, 0) is 23.0 Å². The van der Waals surface area contributed by atoms with Crippen molar-refractivity contribution in [2.24, 2.45) is 0 Å². The first kappa shape index (κ1) is 16.3. The molecule has 21 heavy (non-hydrogen) atoms. The first-order valence-corrected chi connectivity index (χ1v) is 8.53.